The fraction of sp³-hybridized carbons (Fsp3) is 0.481. The van der Waals surface area contributed by atoms with E-state index >= 15 is 0 Å². The van der Waals surface area contributed by atoms with Crippen LogP contribution in [0.25, 0.3) is 11.3 Å². The molecule has 1 amide bonds. The van der Waals surface area contributed by atoms with Crippen LogP contribution in [0.3, 0.4) is 0 Å². The van der Waals surface area contributed by atoms with Crippen molar-refractivity contribution in [2.45, 2.75) is 71.1 Å². The van der Waals surface area contributed by atoms with E-state index in [0.717, 1.165) is 66.3 Å². The van der Waals surface area contributed by atoms with E-state index < -0.39 is 0 Å². The van der Waals surface area contributed by atoms with Crippen LogP contribution in [0.1, 0.15) is 87.0 Å². The van der Waals surface area contributed by atoms with Crippen LogP contribution in [0.2, 0.25) is 0 Å². The number of carbonyl (C=O) groups is 1. The lowest BCUT2D eigenvalue weighted by Gasteiger charge is -2.29. The molecule has 1 saturated carbocycles. The molecule has 174 valence electrons. The van der Waals surface area contributed by atoms with Crippen molar-refractivity contribution in [1.29, 1.82) is 0 Å². The smallest absolute Gasteiger partial charge is 0.227 e. The van der Waals surface area contributed by atoms with E-state index in [0.29, 0.717) is 11.8 Å². The number of carbonyl (C=O) groups excluding carboxylic acids is 1. The quantitative estimate of drug-likeness (QED) is 0.499. The van der Waals surface area contributed by atoms with Gasteiger partial charge in [0.05, 0.1) is 22.9 Å². The van der Waals surface area contributed by atoms with E-state index in [1.54, 1.807) is 0 Å². The number of hydrogen-bond donors (Lipinski definition) is 1. The second-order valence-electron chi connectivity index (χ2n) is 9.61. The average Bonchev–Trinajstić information content (AvgIpc) is 3.28. The predicted octanol–water partition coefficient (Wildman–Crippen LogP) is 5.76. The van der Waals surface area contributed by atoms with Crippen molar-refractivity contribution >= 4 is 5.91 Å². The Bertz CT molecular complexity index is 1070. The molecule has 2 aromatic heterocycles. The third-order valence-electron chi connectivity index (χ3n) is 6.74. The molecular formula is C27H34N4O2. The number of nitrogens with one attached hydrogen (secondary N) is 1. The maximum atomic E-state index is 12.6. The lowest BCUT2D eigenvalue weighted by Crippen LogP contribution is -2.33. The third-order valence-corrected chi connectivity index (χ3v) is 6.74. The summed E-state index contributed by atoms with van der Waals surface area (Å²) in [4.78, 5) is 22.2. The Morgan fingerprint density at radius 1 is 1.12 bits per heavy atom. The van der Waals surface area contributed by atoms with E-state index in [1.807, 2.05) is 56.4 Å². The summed E-state index contributed by atoms with van der Waals surface area (Å²) < 4.78 is 5.55. The Morgan fingerprint density at radius 2 is 1.85 bits per heavy atom. The Morgan fingerprint density at radius 3 is 2.48 bits per heavy atom. The van der Waals surface area contributed by atoms with Crippen molar-refractivity contribution in [3.05, 3.63) is 65.4 Å². The zero-order valence-electron chi connectivity index (χ0n) is 20.0. The van der Waals surface area contributed by atoms with Crippen LogP contribution >= 0.6 is 0 Å². The minimum atomic E-state index is -0.133. The average molecular weight is 447 g/mol. The first kappa shape index (κ1) is 23.1. The predicted molar refractivity (Wildman–Crippen MR) is 129 cm³/mol. The SMILES string of the molecule is Cc1cc(-c2cnc(C(C)C)nc2C2CCC(CNC(=O)[C@H](C)c3ccccc3)CC2)on1. The van der Waals surface area contributed by atoms with Gasteiger partial charge in [0.25, 0.3) is 0 Å². The van der Waals surface area contributed by atoms with E-state index in [9.17, 15) is 4.79 Å². The second kappa shape index (κ2) is 10.3. The molecule has 0 spiro atoms. The number of aryl methyl sites for hydroxylation is 1. The molecule has 33 heavy (non-hydrogen) atoms. The normalized spacial score (nSPS) is 19.4. The lowest BCUT2D eigenvalue weighted by atomic mass is 9.79. The van der Waals surface area contributed by atoms with Gasteiger partial charge in [0.1, 0.15) is 5.82 Å². The number of amides is 1. The highest BCUT2D eigenvalue weighted by Crippen LogP contribution is 2.39. The third kappa shape index (κ3) is 5.49. The fourth-order valence-corrected chi connectivity index (χ4v) is 4.61. The second-order valence-corrected chi connectivity index (χ2v) is 9.61. The Balaban J connectivity index is 1.39. The van der Waals surface area contributed by atoms with Gasteiger partial charge in [-0.3, -0.25) is 4.79 Å². The van der Waals surface area contributed by atoms with Gasteiger partial charge in [-0.15, -0.1) is 0 Å². The van der Waals surface area contributed by atoms with Gasteiger partial charge in [-0.05, 0) is 51.0 Å². The van der Waals surface area contributed by atoms with Crippen LogP contribution in [0.4, 0.5) is 0 Å². The van der Waals surface area contributed by atoms with E-state index in [4.69, 9.17) is 9.51 Å². The molecule has 1 atom stereocenters. The minimum Gasteiger partial charge on any atom is -0.356 e. The van der Waals surface area contributed by atoms with E-state index in [1.165, 1.54) is 0 Å². The summed E-state index contributed by atoms with van der Waals surface area (Å²) in [5.74, 6) is 2.70. The molecule has 1 aliphatic carbocycles. The molecule has 6 nitrogen and oxygen atoms in total. The molecule has 3 aromatic rings. The standard InChI is InChI=1S/C27H34N4O2/c1-17(2)26-28-16-23(24-14-18(3)31-33-24)25(30-26)22-12-10-20(11-13-22)15-29-27(32)19(4)21-8-6-5-7-9-21/h5-9,14,16-17,19-20,22H,10-13,15H2,1-4H3,(H,29,32)/t19-,20?,22?/m1/s1. The minimum absolute atomic E-state index is 0.101. The first-order valence-corrected chi connectivity index (χ1v) is 12.1. The zero-order chi connectivity index (χ0) is 23.4. The molecule has 4 rings (SSSR count). The maximum absolute atomic E-state index is 12.6. The molecule has 0 bridgehead atoms. The first-order valence-electron chi connectivity index (χ1n) is 12.1. The highest BCUT2D eigenvalue weighted by Gasteiger charge is 2.28. The van der Waals surface area contributed by atoms with Gasteiger partial charge in [0.2, 0.25) is 5.91 Å². The molecule has 2 heterocycles. The van der Waals surface area contributed by atoms with Crippen molar-refractivity contribution < 1.29 is 9.32 Å². The Kier molecular flexibility index (Phi) is 7.21. The lowest BCUT2D eigenvalue weighted by molar-refractivity contribution is -0.122. The van der Waals surface area contributed by atoms with Gasteiger partial charge in [-0.25, -0.2) is 9.97 Å². The van der Waals surface area contributed by atoms with Gasteiger partial charge in [-0.1, -0.05) is 49.3 Å². The van der Waals surface area contributed by atoms with Crippen molar-refractivity contribution in [3.63, 3.8) is 0 Å². The van der Waals surface area contributed by atoms with E-state index in [-0.39, 0.29) is 17.7 Å². The number of nitrogens with zero attached hydrogens (tertiary/aromatic N) is 3. The topological polar surface area (TPSA) is 80.9 Å². The van der Waals surface area contributed by atoms with Crippen LogP contribution < -0.4 is 5.32 Å². The number of benzene rings is 1. The molecule has 0 unspecified atom stereocenters. The van der Waals surface area contributed by atoms with Crippen LogP contribution in [0, 0.1) is 12.8 Å². The molecular weight excluding hydrogens is 412 g/mol. The molecule has 0 radical (unpaired) electrons. The van der Waals surface area contributed by atoms with Crippen molar-refractivity contribution in [3.8, 4) is 11.3 Å². The molecule has 1 N–H and O–H groups in total. The highest BCUT2D eigenvalue weighted by molar-refractivity contribution is 5.83. The Hall–Kier alpha value is -3.02. The van der Waals surface area contributed by atoms with Crippen LogP contribution in [-0.4, -0.2) is 27.6 Å². The molecule has 0 saturated heterocycles. The molecule has 0 aliphatic heterocycles. The fourth-order valence-electron chi connectivity index (χ4n) is 4.61. The zero-order valence-corrected chi connectivity index (χ0v) is 20.0. The number of hydrogen-bond acceptors (Lipinski definition) is 5. The van der Waals surface area contributed by atoms with Crippen molar-refractivity contribution in [2.24, 2.45) is 5.92 Å². The summed E-state index contributed by atoms with van der Waals surface area (Å²) in [6, 6.07) is 11.9. The van der Waals surface area contributed by atoms with Crippen LogP contribution in [-0.2, 0) is 4.79 Å². The maximum Gasteiger partial charge on any atom is 0.227 e. The summed E-state index contributed by atoms with van der Waals surface area (Å²) in [7, 11) is 0. The van der Waals surface area contributed by atoms with E-state index in [2.05, 4.69) is 29.3 Å². The van der Waals surface area contributed by atoms with Gasteiger partial charge in [0, 0.05) is 30.6 Å². The van der Waals surface area contributed by atoms with Crippen LogP contribution in [0.5, 0.6) is 0 Å². The van der Waals surface area contributed by atoms with Crippen molar-refractivity contribution in [2.75, 3.05) is 6.54 Å². The van der Waals surface area contributed by atoms with Gasteiger partial charge in [-0.2, -0.15) is 0 Å². The molecule has 1 aromatic carbocycles. The van der Waals surface area contributed by atoms with Crippen molar-refractivity contribution in [1.82, 2.24) is 20.4 Å². The number of aromatic nitrogens is 3. The largest absolute Gasteiger partial charge is 0.356 e. The van der Waals surface area contributed by atoms with Crippen LogP contribution in [0.15, 0.2) is 47.1 Å². The van der Waals surface area contributed by atoms with Gasteiger partial charge >= 0.3 is 0 Å². The molecule has 6 heteroatoms. The molecule has 1 fully saturated rings. The molecule has 1 aliphatic rings. The summed E-state index contributed by atoms with van der Waals surface area (Å²) in [5.41, 5.74) is 3.94. The summed E-state index contributed by atoms with van der Waals surface area (Å²) in [6.07, 6.45) is 6.13. The number of rotatable bonds is 7. The summed E-state index contributed by atoms with van der Waals surface area (Å²) in [5, 5.41) is 7.24. The highest BCUT2D eigenvalue weighted by atomic mass is 16.5. The monoisotopic (exact) mass is 446 g/mol. The van der Waals surface area contributed by atoms with Gasteiger partial charge < -0.3 is 9.84 Å². The van der Waals surface area contributed by atoms with Gasteiger partial charge in [0.15, 0.2) is 5.76 Å². The Labute approximate surface area is 196 Å². The summed E-state index contributed by atoms with van der Waals surface area (Å²) in [6.45, 7) is 8.86. The first-order chi connectivity index (χ1) is 15.9. The summed E-state index contributed by atoms with van der Waals surface area (Å²) >= 11 is 0.